The molecule has 0 aromatic heterocycles. The highest BCUT2D eigenvalue weighted by Gasteiger charge is 2.36. The van der Waals surface area contributed by atoms with Crippen molar-refractivity contribution in [1.29, 1.82) is 0 Å². The highest BCUT2D eigenvalue weighted by atomic mass is 79.9. The van der Waals surface area contributed by atoms with Crippen LogP contribution in [-0.2, 0) is 6.18 Å². The number of hydrogen-bond donors (Lipinski definition) is 0. The summed E-state index contributed by atoms with van der Waals surface area (Å²) in [6, 6.07) is 9.88. The summed E-state index contributed by atoms with van der Waals surface area (Å²) < 4.78 is 46.3. The van der Waals surface area contributed by atoms with Crippen molar-refractivity contribution in [2.45, 2.75) is 26.1 Å². The highest BCUT2D eigenvalue weighted by molar-refractivity contribution is 9.10. The Morgan fingerprint density at radius 2 is 1.48 bits per heavy atom. The first-order valence-corrected chi connectivity index (χ1v) is 10.6. The van der Waals surface area contributed by atoms with Crippen LogP contribution in [0.3, 0.4) is 0 Å². The number of carbonyl (C=O) groups excluding carboxylic acids is 2. The van der Waals surface area contributed by atoms with E-state index in [-0.39, 0.29) is 43.8 Å². The van der Waals surface area contributed by atoms with E-state index in [0.29, 0.717) is 11.3 Å². The Kier molecular flexibility index (Phi) is 6.93. The standard InChI is InChI=1S/C22H22BrF3N2O3/c1-14(2)31-19-13-15(23)7-8-17(19)21(30)28-11-9-27(10-12-28)20(29)16-5-3-4-6-18(16)22(24,25)26/h3-8,13-14H,9-12H2,1-2H3. The first-order chi connectivity index (χ1) is 14.6. The molecule has 9 heteroatoms. The first kappa shape index (κ1) is 23.1. The number of hydrogen-bond acceptors (Lipinski definition) is 3. The molecule has 0 bridgehead atoms. The number of benzene rings is 2. The lowest BCUT2D eigenvalue weighted by atomic mass is 10.1. The third-order valence-corrected chi connectivity index (χ3v) is 5.35. The molecular formula is C22H22BrF3N2O3. The molecule has 166 valence electrons. The van der Waals surface area contributed by atoms with Gasteiger partial charge in [-0.15, -0.1) is 0 Å². The van der Waals surface area contributed by atoms with Gasteiger partial charge < -0.3 is 14.5 Å². The smallest absolute Gasteiger partial charge is 0.417 e. The predicted molar refractivity (Wildman–Crippen MR) is 113 cm³/mol. The molecule has 1 aliphatic heterocycles. The van der Waals surface area contributed by atoms with E-state index in [1.165, 1.54) is 23.1 Å². The summed E-state index contributed by atoms with van der Waals surface area (Å²) in [7, 11) is 0. The highest BCUT2D eigenvalue weighted by Crippen LogP contribution is 2.32. The largest absolute Gasteiger partial charge is 0.490 e. The molecule has 0 atom stereocenters. The van der Waals surface area contributed by atoms with Crippen LogP contribution in [-0.4, -0.2) is 53.9 Å². The van der Waals surface area contributed by atoms with Gasteiger partial charge in [-0.05, 0) is 44.2 Å². The molecule has 1 heterocycles. The maximum absolute atomic E-state index is 13.2. The fraction of sp³-hybridized carbons (Fsp3) is 0.364. The maximum Gasteiger partial charge on any atom is 0.417 e. The van der Waals surface area contributed by atoms with Crippen molar-refractivity contribution in [3.8, 4) is 5.75 Å². The van der Waals surface area contributed by atoms with Crippen molar-refractivity contribution in [2.75, 3.05) is 26.2 Å². The lowest BCUT2D eigenvalue weighted by molar-refractivity contribution is -0.138. The number of ether oxygens (including phenoxy) is 1. The number of carbonyl (C=O) groups is 2. The summed E-state index contributed by atoms with van der Waals surface area (Å²) in [6.45, 7) is 4.45. The first-order valence-electron chi connectivity index (χ1n) is 9.79. The Morgan fingerprint density at radius 1 is 0.935 bits per heavy atom. The summed E-state index contributed by atoms with van der Waals surface area (Å²) >= 11 is 3.37. The molecule has 0 N–H and O–H groups in total. The average molecular weight is 499 g/mol. The van der Waals surface area contributed by atoms with Crippen LogP contribution >= 0.6 is 15.9 Å². The molecule has 2 amide bonds. The van der Waals surface area contributed by atoms with Gasteiger partial charge in [0, 0.05) is 30.7 Å². The summed E-state index contributed by atoms with van der Waals surface area (Å²) in [6.07, 6.45) is -4.73. The average Bonchev–Trinajstić information content (AvgIpc) is 2.72. The van der Waals surface area contributed by atoms with Crippen molar-refractivity contribution in [3.05, 3.63) is 63.6 Å². The lowest BCUT2D eigenvalue weighted by Crippen LogP contribution is -2.50. The van der Waals surface area contributed by atoms with Gasteiger partial charge in [-0.2, -0.15) is 13.2 Å². The van der Waals surface area contributed by atoms with Gasteiger partial charge >= 0.3 is 6.18 Å². The van der Waals surface area contributed by atoms with Crippen LogP contribution in [0.4, 0.5) is 13.2 Å². The van der Waals surface area contributed by atoms with Crippen molar-refractivity contribution < 1.29 is 27.5 Å². The fourth-order valence-corrected chi connectivity index (χ4v) is 3.73. The number of halogens is 4. The van der Waals surface area contributed by atoms with Crippen molar-refractivity contribution in [3.63, 3.8) is 0 Å². The zero-order valence-electron chi connectivity index (χ0n) is 17.1. The second-order valence-corrected chi connectivity index (χ2v) is 8.35. The minimum Gasteiger partial charge on any atom is -0.490 e. The molecule has 31 heavy (non-hydrogen) atoms. The third-order valence-electron chi connectivity index (χ3n) is 4.85. The molecule has 0 unspecified atom stereocenters. The van der Waals surface area contributed by atoms with Crippen LogP contribution in [0.2, 0.25) is 0 Å². The molecule has 0 spiro atoms. The number of nitrogens with zero attached hydrogens (tertiary/aromatic N) is 2. The molecule has 1 fully saturated rings. The predicted octanol–water partition coefficient (Wildman–Crippen LogP) is 4.85. The number of rotatable bonds is 4. The zero-order chi connectivity index (χ0) is 22.8. The van der Waals surface area contributed by atoms with Crippen molar-refractivity contribution in [2.24, 2.45) is 0 Å². The molecule has 0 aliphatic carbocycles. The minimum absolute atomic E-state index is 0.121. The molecular weight excluding hydrogens is 477 g/mol. The van der Waals surface area contributed by atoms with Gasteiger partial charge in [0.15, 0.2) is 0 Å². The van der Waals surface area contributed by atoms with Crippen LogP contribution in [0.5, 0.6) is 5.75 Å². The molecule has 5 nitrogen and oxygen atoms in total. The van der Waals surface area contributed by atoms with Crippen LogP contribution < -0.4 is 4.74 Å². The van der Waals surface area contributed by atoms with Crippen molar-refractivity contribution in [1.82, 2.24) is 9.80 Å². The molecule has 1 aliphatic rings. The lowest BCUT2D eigenvalue weighted by Gasteiger charge is -2.35. The van der Waals surface area contributed by atoms with E-state index in [1.54, 1.807) is 23.1 Å². The SMILES string of the molecule is CC(C)Oc1cc(Br)ccc1C(=O)N1CCN(C(=O)c2ccccc2C(F)(F)F)CC1. The minimum atomic E-state index is -4.61. The van der Waals surface area contributed by atoms with E-state index in [0.717, 1.165) is 10.5 Å². The molecule has 2 aromatic carbocycles. The van der Waals surface area contributed by atoms with E-state index in [9.17, 15) is 22.8 Å². The Labute approximate surface area is 186 Å². The quantitative estimate of drug-likeness (QED) is 0.605. The normalized spacial score (nSPS) is 14.7. The Hall–Kier alpha value is -2.55. The summed E-state index contributed by atoms with van der Waals surface area (Å²) in [4.78, 5) is 28.7. The Bertz CT molecular complexity index is 971. The summed E-state index contributed by atoms with van der Waals surface area (Å²) in [5, 5.41) is 0. The van der Waals surface area contributed by atoms with Gasteiger partial charge in [-0.25, -0.2) is 0 Å². The number of alkyl halides is 3. The fourth-order valence-electron chi connectivity index (χ4n) is 3.39. The summed E-state index contributed by atoms with van der Waals surface area (Å²) in [5.41, 5.74) is -0.932. The van der Waals surface area contributed by atoms with Gasteiger partial charge in [-0.1, -0.05) is 28.1 Å². The van der Waals surface area contributed by atoms with Gasteiger partial charge in [0.1, 0.15) is 5.75 Å². The van der Waals surface area contributed by atoms with Gasteiger partial charge in [-0.3, -0.25) is 9.59 Å². The number of piperazine rings is 1. The van der Waals surface area contributed by atoms with Gasteiger partial charge in [0.25, 0.3) is 11.8 Å². The molecule has 2 aromatic rings. The second kappa shape index (κ2) is 9.30. The summed E-state index contributed by atoms with van der Waals surface area (Å²) in [5.74, 6) is -0.481. The zero-order valence-corrected chi connectivity index (χ0v) is 18.7. The van der Waals surface area contributed by atoms with E-state index >= 15 is 0 Å². The van der Waals surface area contributed by atoms with E-state index in [2.05, 4.69) is 15.9 Å². The Balaban J connectivity index is 1.72. The van der Waals surface area contributed by atoms with Crippen LogP contribution in [0.15, 0.2) is 46.9 Å². The van der Waals surface area contributed by atoms with Gasteiger partial charge in [0.2, 0.25) is 0 Å². The van der Waals surface area contributed by atoms with E-state index in [1.807, 2.05) is 13.8 Å². The third kappa shape index (κ3) is 5.39. The van der Waals surface area contributed by atoms with Gasteiger partial charge in [0.05, 0.1) is 22.8 Å². The monoisotopic (exact) mass is 498 g/mol. The maximum atomic E-state index is 13.2. The Morgan fingerprint density at radius 3 is 2.03 bits per heavy atom. The van der Waals surface area contributed by atoms with E-state index < -0.39 is 17.6 Å². The van der Waals surface area contributed by atoms with Crippen molar-refractivity contribution >= 4 is 27.7 Å². The van der Waals surface area contributed by atoms with Crippen LogP contribution in [0.25, 0.3) is 0 Å². The second-order valence-electron chi connectivity index (χ2n) is 7.43. The van der Waals surface area contributed by atoms with Crippen LogP contribution in [0.1, 0.15) is 40.1 Å². The van der Waals surface area contributed by atoms with E-state index in [4.69, 9.17) is 4.74 Å². The molecule has 0 radical (unpaired) electrons. The molecule has 1 saturated heterocycles. The molecule has 3 rings (SSSR count). The molecule has 0 saturated carbocycles. The van der Waals surface area contributed by atoms with Crippen LogP contribution in [0, 0.1) is 0 Å². The topological polar surface area (TPSA) is 49.9 Å². The number of amides is 2.